The number of anilines is 1. The van der Waals surface area contributed by atoms with E-state index in [0.29, 0.717) is 46.1 Å². The second-order valence-electron chi connectivity index (χ2n) is 9.96. The molecule has 0 unspecified atom stereocenters. The quantitative estimate of drug-likeness (QED) is 0.0329. The van der Waals surface area contributed by atoms with Gasteiger partial charge in [-0.3, -0.25) is 4.99 Å². The molecule has 1 aliphatic heterocycles. The first-order valence-corrected chi connectivity index (χ1v) is 16.7. The Hall–Kier alpha value is -3.55. The Bertz CT molecular complexity index is 1990. The first-order chi connectivity index (χ1) is 21.2. The predicted octanol–water partition coefficient (Wildman–Crippen LogP) is 3.79. The molecule has 0 fully saturated rings. The zero-order chi connectivity index (χ0) is 32.9. The number of thiol groups is 1. The molecule has 14 nitrogen and oxygen atoms in total. The predicted molar refractivity (Wildman–Crippen MR) is 162 cm³/mol. The number of hydrogen-bond acceptors (Lipinski definition) is 14. The number of carboxylic acid groups (broad SMARTS) is 1. The summed E-state index contributed by atoms with van der Waals surface area (Å²) < 4.78 is 80.7. The van der Waals surface area contributed by atoms with E-state index in [4.69, 9.17) is 9.30 Å². The van der Waals surface area contributed by atoms with Crippen LogP contribution >= 0.6 is 12.9 Å². The molecule has 0 spiro atoms. The van der Waals surface area contributed by atoms with Gasteiger partial charge in [0.05, 0.1) is 32.5 Å². The van der Waals surface area contributed by atoms with Crippen molar-refractivity contribution < 1.29 is 54.5 Å². The van der Waals surface area contributed by atoms with Crippen LogP contribution in [0.3, 0.4) is 0 Å². The third kappa shape index (κ3) is 8.39. The van der Waals surface area contributed by atoms with Crippen LogP contribution in [0.2, 0.25) is 0 Å². The second kappa shape index (κ2) is 14.3. The van der Waals surface area contributed by atoms with Crippen molar-refractivity contribution in [1.29, 1.82) is 0 Å². The van der Waals surface area contributed by atoms with Crippen LogP contribution in [-0.4, -0.2) is 62.5 Å². The van der Waals surface area contributed by atoms with Gasteiger partial charge in [0, 0.05) is 71.6 Å². The highest BCUT2D eigenvalue weighted by atomic mass is 32.2. The van der Waals surface area contributed by atoms with Gasteiger partial charge in [0.15, 0.2) is 0 Å². The van der Waals surface area contributed by atoms with Crippen molar-refractivity contribution in [3.8, 4) is 22.5 Å². The Kier molecular flexibility index (Phi) is 10.9. The van der Waals surface area contributed by atoms with Crippen molar-refractivity contribution in [2.75, 3.05) is 30.8 Å². The second-order valence-corrected chi connectivity index (χ2v) is 13.0. The van der Waals surface area contributed by atoms with E-state index in [1.54, 1.807) is 38.1 Å². The molecule has 2 aliphatic rings. The standard InChI is InChI=1S/C28H30N2O12S3/c1-16-12-19-23(14-21(16)29-8-4-10-39-41-42-43)40-24-15-22(30-9-5-11-44(33,34)35)17(2)13-20(24)26(19)27-18(28(31)32)6-3-7-25(27)45(36,37)38/h3,6-7,12-15,30,43H,4-5,8-11H2,1-2H3,(H,31,32)(H,33,34,35)(H,36,37,38)/p-2. The molecule has 2 aromatic rings. The first-order valence-electron chi connectivity index (χ1n) is 13.3. The van der Waals surface area contributed by atoms with Crippen molar-refractivity contribution in [3.05, 3.63) is 64.5 Å². The summed E-state index contributed by atoms with van der Waals surface area (Å²) in [5.41, 5.74) is 1.77. The molecule has 242 valence electrons. The van der Waals surface area contributed by atoms with Gasteiger partial charge < -0.3 is 23.9 Å². The molecule has 0 aromatic heterocycles. The topological polar surface area (TPSA) is 217 Å². The minimum atomic E-state index is -5.15. The maximum Gasteiger partial charge on any atom is 0.336 e. The van der Waals surface area contributed by atoms with E-state index in [1.807, 2.05) is 0 Å². The van der Waals surface area contributed by atoms with Crippen LogP contribution in [0.1, 0.15) is 34.3 Å². The SMILES string of the molecule is Cc1cc2c(-c3c(C(=O)O)cccc3S(=O)(=O)[O-])c3cc(C)c(=NCCCOOOS)cc-3oc2cc1NCCCS(=O)(=O)[O-]. The summed E-state index contributed by atoms with van der Waals surface area (Å²) >= 11 is 3.39. The van der Waals surface area contributed by atoms with Gasteiger partial charge in [-0.2, -0.15) is 0 Å². The minimum Gasteiger partial charge on any atom is -0.748 e. The zero-order valence-electron chi connectivity index (χ0n) is 23.9. The molecule has 0 atom stereocenters. The molecule has 0 radical (unpaired) electrons. The first kappa shape index (κ1) is 34.3. The fraction of sp³-hybridized carbons (Fsp3) is 0.286. The zero-order valence-corrected chi connectivity index (χ0v) is 26.5. The smallest absolute Gasteiger partial charge is 0.336 e. The Morgan fingerprint density at radius 3 is 2.47 bits per heavy atom. The van der Waals surface area contributed by atoms with E-state index in [9.17, 15) is 35.8 Å². The molecule has 0 saturated heterocycles. The summed E-state index contributed by atoms with van der Waals surface area (Å²) in [4.78, 5) is 20.9. The Morgan fingerprint density at radius 1 is 1.04 bits per heavy atom. The van der Waals surface area contributed by atoms with Crippen LogP contribution in [0, 0.1) is 13.8 Å². The summed E-state index contributed by atoms with van der Waals surface area (Å²) in [5, 5.41) is 18.2. The fourth-order valence-electron chi connectivity index (χ4n) is 4.84. The van der Waals surface area contributed by atoms with Crippen molar-refractivity contribution in [1.82, 2.24) is 0 Å². The molecule has 1 aliphatic carbocycles. The Labute approximate surface area is 264 Å². The molecular formula is C28H28N2O12S3-2. The molecular weight excluding hydrogens is 653 g/mol. The molecule has 17 heteroatoms. The summed E-state index contributed by atoms with van der Waals surface area (Å²) in [6.45, 7) is 4.10. The summed E-state index contributed by atoms with van der Waals surface area (Å²) in [7, 11) is -9.54. The lowest BCUT2D eigenvalue weighted by molar-refractivity contribution is -0.458. The summed E-state index contributed by atoms with van der Waals surface area (Å²) in [6, 6.07) is 9.97. The van der Waals surface area contributed by atoms with Gasteiger partial charge in [0.25, 0.3) is 0 Å². The van der Waals surface area contributed by atoms with Gasteiger partial charge in [-0.15, -0.1) is 4.33 Å². The average Bonchev–Trinajstić information content (AvgIpc) is 2.95. The lowest BCUT2D eigenvalue weighted by atomic mass is 9.89. The lowest BCUT2D eigenvalue weighted by Crippen LogP contribution is -2.12. The van der Waals surface area contributed by atoms with E-state index < -0.39 is 42.4 Å². The number of rotatable bonds is 14. The lowest BCUT2D eigenvalue weighted by Gasteiger charge is -2.22. The number of hydrogen-bond donors (Lipinski definition) is 3. The molecule has 0 amide bonds. The van der Waals surface area contributed by atoms with Crippen LogP contribution in [-0.2, 0) is 34.5 Å². The third-order valence-electron chi connectivity index (χ3n) is 6.79. The van der Waals surface area contributed by atoms with Gasteiger partial charge in [-0.05, 0) is 62.1 Å². The molecule has 0 bridgehead atoms. The van der Waals surface area contributed by atoms with Crippen molar-refractivity contribution in [2.24, 2.45) is 4.99 Å². The van der Waals surface area contributed by atoms with Crippen LogP contribution < -0.4 is 10.7 Å². The molecule has 1 heterocycles. The van der Waals surface area contributed by atoms with Crippen molar-refractivity contribution >= 4 is 55.8 Å². The average molecular weight is 681 g/mol. The monoisotopic (exact) mass is 680 g/mol. The Balaban J connectivity index is 1.99. The molecule has 0 saturated carbocycles. The van der Waals surface area contributed by atoms with Crippen LogP contribution in [0.4, 0.5) is 5.69 Å². The van der Waals surface area contributed by atoms with E-state index >= 15 is 0 Å². The van der Waals surface area contributed by atoms with Gasteiger partial charge in [0.2, 0.25) is 0 Å². The highest BCUT2D eigenvalue weighted by molar-refractivity contribution is 7.86. The molecule has 2 N–H and O–H groups in total. The number of nitrogens with one attached hydrogen (secondary N) is 1. The van der Waals surface area contributed by atoms with Crippen LogP contribution in [0.15, 0.2) is 56.8 Å². The number of benzene rings is 3. The number of carboxylic acids is 1. The third-order valence-corrected chi connectivity index (χ3v) is 8.52. The van der Waals surface area contributed by atoms with Crippen LogP contribution in [0.25, 0.3) is 33.4 Å². The molecule has 45 heavy (non-hydrogen) atoms. The highest BCUT2D eigenvalue weighted by Crippen LogP contribution is 2.45. The Morgan fingerprint density at radius 2 is 1.80 bits per heavy atom. The van der Waals surface area contributed by atoms with Gasteiger partial charge in [0.1, 0.15) is 21.5 Å². The number of nitrogens with zero attached hydrogens (tertiary/aromatic N) is 1. The van der Waals surface area contributed by atoms with E-state index in [2.05, 4.69) is 32.6 Å². The maximum atomic E-state index is 12.5. The van der Waals surface area contributed by atoms with E-state index in [-0.39, 0.29) is 42.0 Å². The fourth-order valence-corrected chi connectivity index (χ4v) is 6.09. The normalized spacial score (nSPS) is 12.7. The number of aromatic carboxylic acids is 1. The van der Waals surface area contributed by atoms with E-state index in [1.165, 1.54) is 12.1 Å². The van der Waals surface area contributed by atoms with Gasteiger partial charge in [-0.25, -0.2) is 26.5 Å². The highest BCUT2D eigenvalue weighted by Gasteiger charge is 2.27. The number of fused-ring (bicyclic) bond motifs is 2. The summed E-state index contributed by atoms with van der Waals surface area (Å²) in [6.07, 6.45) is 0.497. The maximum absolute atomic E-state index is 12.5. The van der Waals surface area contributed by atoms with E-state index in [0.717, 1.165) is 6.07 Å². The number of carbonyl (C=O) groups is 1. The molecule has 4 rings (SSSR count). The minimum absolute atomic E-state index is 0.0447. The number of aryl methyl sites for hydroxylation is 2. The molecule has 2 aromatic carbocycles. The van der Waals surface area contributed by atoms with Gasteiger partial charge in [-0.1, -0.05) is 11.1 Å². The largest absolute Gasteiger partial charge is 0.748 e. The van der Waals surface area contributed by atoms with Crippen LogP contribution in [0.5, 0.6) is 0 Å². The van der Waals surface area contributed by atoms with Gasteiger partial charge >= 0.3 is 5.97 Å². The van der Waals surface area contributed by atoms with Crippen molar-refractivity contribution in [3.63, 3.8) is 0 Å². The summed E-state index contributed by atoms with van der Waals surface area (Å²) in [5.74, 6) is -1.79. The van der Waals surface area contributed by atoms with Crippen molar-refractivity contribution in [2.45, 2.75) is 31.6 Å².